The van der Waals surface area contributed by atoms with Gasteiger partial charge in [0.2, 0.25) is 21.8 Å². The fourth-order valence-electron chi connectivity index (χ4n) is 2.63. The van der Waals surface area contributed by atoms with E-state index in [-0.39, 0.29) is 12.3 Å². The number of sulfonamides is 1. The Balaban J connectivity index is 2.16. The average Bonchev–Trinajstić information content (AvgIpc) is 2.71. The van der Waals surface area contributed by atoms with Gasteiger partial charge in [-0.25, -0.2) is 12.7 Å². The molecule has 0 N–H and O–H groups in total. The molecule has 0 aliphatic carbocycles. The van der Waals surface area contributed by atoms with Gasteiger partial charge in [0.1, 0.15) is 6.04 Å². The molecule has 18 heavy (non-hydrogen) atoms. The lowest BCUT2D eigenvalue weighted by Gasteiger charge is -2.31. The minimum atomic E-state index is -3.65. The van der Waals surface area contributed by atoms with Gasteiger partial charge in [-0.3, -0.25) is 9.59 Å². The minimum absolute atomic E-state index is 0.136. The maximum Gasteiger partial charge on any atom is 0.246 e. The second kappa shape index (κ2) is 4.87. The molecule has 2 amide bonds. The third-order valence-electron chi connectivity index (χ3n) is 3.47. The van der Waals surface area contributed by atoms with Crippen molar-refractivity contribution in [2.24, 2.45) is 0 Å². The van der Waals surface area contributed by atoms with Gasteiger partial charge in [-0.2, -0.15) is 0 Å². The number of rotatable bonds is 2. The van der Waals surface area contributed by atoms with Crippen LogP contribution in [0.15, 0.2) is 0 Å². The van der Waals surface area contributed by atoms with E-state index >= 15 is 0 Å². The lowest BCUT2D eigenvalue weighted by molar-refractivity contribution is -0.138. The number of amides is 2. The first-order valence-corrected chi connectivity index (χ1v) is 8.07. The summed E-state index contributed by atoms with van der Waals surface area (Å²) in [6.45, 7) is 1.34. The molecule has 102 valence electrons. The molecule has 1 unspecified atom stereocenters. The summed E-state index contributed by atoms with van der Waals surface area (Å²) in [5, 5.41) is 0. The fourth-order valence-corrected chi connectivity index (χ4v) is 3.75. The third kappa shape index (κ3) is 2.50. The van der Waals surface area contributed by atoms with Gasteiger partial charge >= 0.3 is 0 Å². The van der Waals surface area contributed by atoms with Gasteiger partial charge < -0.3 is 4.90 Å². The predicted octanol–water partition coefficient (Wildman–Crippen LogP) is -0.0505. The van der Waals surface area contributed by atoms with Crippen LogP contribution in [0.5, 0.6) is 0 Å². The molecule has 0 bridgehead atoms. The van der Waals surface area contributed by atoms with E-state index in [1.807, 2.05) is 0 Å². The average molecular weight is 274 g/mol. The van der Waals surface area contributed by atoms with Crippen LogP contribution in [0, 0.1) is 0 Å². The summed E-state index contributed by atoms with van der Waals surface area (Å²) in [5.41, 5.74) is 0. The number of likely N-dealkylation sites (tertiary alicyclic amines) is 1. The van der Waals surface area contributed by atoms with E-state index in [1.54, 1.807) is 4.90 Å². The number of piperidine rings is 1. The standard InChI is InChI=1S/C11H18N2O4S/c1-18(16,17)13-9(5-6-10(13)14)11(15)12-7-3-2-4-8-12/h9H,2-8H2,1H3. The van der Waals surface area contributed by atoms with Gasteiger partial charge in [-0.15, -0.1) is 0 Å². The van der Waals surface area contributed by atoms with E-state index in [2.05, 4.69) is 0 Å². The Morgan fingerprint density at radius 3 is 2.39 bits per heavy atom. The molecule has 2 aliphatic rings. The molecular formula is C11H18N2O4S. The largest absolute Gasteiger partial charge is 0.341 e. The Kier molecular flexibility index (Phi) is 3.61. The Hall–Kier alpha value is -1.11. The molecule has 0 aromatic carbocycles. The SMILES string of the molecule is CS(=O)(=O)N1C(=O)CCC1C(=O)N1CCCCC1. The van der Waals surface area contributed by atoms with Crippen molar-refractivity contribution in [2.75, 3.05) is 19.3 Å². The van der Waals surface area contributed by atoms with E-state index in [0.717, 1.165) is 29.8 Å². The van der Waals surface area contributed by atoms with Crippen molar-refractivity contribution in [2.45, 2.75) is 38.1 Å². The molecule has 0 aromatic rings. The molecule has 6 nitrogen and oxygen atoms in total. The molecule has 2 heterocycles. The van der Waals surface area contributed by atoms with Crippen LogP contribution in [0.4, 0.5) is 0 Å². The van der Waals surface area contributed by atoms with Crippen LogP contribution in [-0.2, 0) is 19.6 Å². The zero-order valence-corrected chi connectivity index (χ0v) is 11.3. The van der Waals surface area contributed by atoms with Crippen molar-refractivity contribution in [1.82, 2.24) is 9.21 Å². The minimum Gasteiger partial charge on any atom is -0.341 e. The first-order valence-electron chi connectivity index (χ1n) is 6.22. The fraction of sp³-hybridized carbons (Fsp3) is 0.818. The molecule has 0 radical (unpaired) electrons. The monoisotopic (exact) mass is 274 g/mol. The summed E-state index contributed by atoms with van der Waals surface area (Å²) in [7, 11) is -3.65. The lowest BCUT2D eigenvalue weighted by Crippen LogP contribution is -2.50. The van der Waals surface area contributed by atoms with Crippen molar-refractivity contribution >= 4 is 21.8 Å². The Morgan fingerprint density at radius 1 is 1.22 bits per heavy atom. The molecule has 1 atom stereocenters. The summed E-state index contributed by atoms with van der Waals surface area (Å²) in [4.78, 5) is 25.6. The molecule has 0 spiro atoms. The number of carbonyl (C=O) groups is 2. The predicted molar refractivity (Wildman–Crippen MR) is 65.1 cm³/mol. The van der Waals surface area contributed by atoms with Gasteiger partial charge in [0.05, 0.1) is 6.26 Å². The summed E-state index contributed by atoms with van der Waals surface area (Å²) >= 11 is 0. The quantitative estimate of drug-likeness (QED) is 0.707. The van der Waals surface area contributed by atoms with Crippen LogP contribution >= 0.6 is 0 Å². The summed E-state index contributed by atoms with van der Waals surface area (Å²) in [6, 6.07) is -0.814. The molecule has 7 heteroatoms. The van der Waals surface area contributed by atoms with Gasteiger partial charge in [-0.05, 0) is 25.7 Å². The molecular weight excluding hydrogens is 256 g/mol. The highest BCUT2D eigenvalue weighted by atomic mass is 32.2. The van der Waals surface area contributed by atoms with Gasteiger partial charge in [0.15, 0.2) is 0 Å². The maximum absolute atomic E-state index is 12.3. The number of carbonyl (C=O) groups excluding carboxylic acids is 2. The van der Waals surface area contributed by atoms with Crippen molar-refractivity contribution in [3.8, 4) is 0 Å². The smallest absolute Gasteiger partial charge is 0.246 e. The number of hydrogen-bond donors (Lipinski definition) is 0. The second-order valence-electron chi connectivity index (χ2n) is 4.89. The van der Waals surface area contributed by atoms with Crippen LogP contribution < -0.4 is 0 Å². The first kappa shape index (κ1) is 13.3. The molecule has 2 rings (SSSR count). The van der Waals surface area contributed by atoms with Gasteiger partial charge in [0.25, 0.3) is 0 Å². The highest BCUT2D eigenvalue weighted by Crippen LogP contribution is 2.24. The van der Waals surface area contributed by atoms with E-state index in [0.29, 0.717) is 19.5 Å². The van der Waals surface area contributed by atoms with Crippen LogP contribution in [0.3, 0.4) is 0 Å². The normalized spacial score (nSPS) is 25.6. The van der Waals surface area contributed by atoms with Gasteiger partial charge in [0, 0.05) is 19.5 Å². The Bertz CT molecular complexity index is 454. The zero-order valence-electron chi connectivity index (χ0n) is 10.5. The second-order valence-corrected chi connectivity index (χ2v) is 6.75. The van der Waals surface area contributed by atoms with Crippen LogP contribution in [0.2, 0.25) is 0 Å². The van der Waals surface area contributed by atoms with E-state index in [4.69, 9.17) is 0 Å². The molecule has 2 fully saturated rings. The molecule has 2 aliphatic heterocycles. The first-order chi connectivity index (χ1) is 8.41. The highest BCUT2D eigenvalue weighted by molar-refractivity contribution is 7.89. The van der Waals surface area contributed by atoms with Crippen molar-refractivity contribution in [1.29, 1.82) is 0 Å². The Labute approximate surface area is 107 Å². The third-order valence-corrected chi connectivity index (χ3v) is 4.64. The van der Waals surface area contributed by atoms with Crippen LogP contribution in [0.1, 0.15) is 32.1 Å². The topological polar surface area (TPSA) is 74.8 Å². The van der Waals surface area contributed by atoms with Crippen molar-refractivity contribution in [3.05, 3.63) is 0 Å². The number of hydrogen-bond acceptors (Lipinski definition) is 4. The van der Waals surface area contributed by atoms with Crippen molar-refractivity contribution < 1.29 is 18.0 Å². The van der Waals surface area contributed by atoms with Crippen LogP contribution in [-0.4, -0.2) is 54.8 Å². The van der Waals surface area contributed by atoms with Crippen molar-refractivity contribution in [3.63, 3.8) is 0 Å². The lowest BCUT2D eigenvalue weighted by atomic mass is 10.1. The summed E-state index contributed by atoms with van der Waals surface area (Å²) < 4.78 is 23.9. The zero-order chi connectivity index (χ0) is 13.3. The Morgan fingerprint density at radius 2 is 1.83 bits per heavy atom. The molecule has 0 aromatic heterocycles. The molecule has 2 saturated heterocycles. The summed E-state index contributed by atoms with van der Waals surface area (Å²) in [5.74, 6) is -0.682. The van der Waals surface area contributed by atoms with Crippen LogP contribution in [0.25, 0.3) is 0 Å². The number of nitrogens with zero attached hydrogens (tertiary/aromatic N) is 2. The maximum atomic E-state index is 12.3. The van der Waals surface area contributed by atoms with E-state index in [9.17, 15) is 18.0 Å². The van der Waals surface area contributed by atoms with E-state index in [1.165, 1.54) is 0 Å². The van der Waals surface area contributed by atoms with Gasteiger partial charge in [-0.1, -0.05) is 0 Å². The highest BCUT2D eigenvalue weighted by Gasteiger charge is 2.43. The summed E-state index contributed by atoms with van der Waals surface area (Å²) in [6.07, 6.45) is 4.42. The van der Waals surface area contributed by atoms with E-state index < -0.39 is 22.0 Å². The molecule has 0 saturated carbocycles.